The highest BCUT2D eigenvalue weighted by atomic mass is 32.2. The summed E-state index contributed by atoms with van der Waals surface area (Å²) in [5.41, 5.74) is 0.838. The van der Waals surface area contributed by atoms with Gasteiger partial charge in [-0.3, -0.25) is 9.36 Å². The molecule has 0 bridgehead atoms. The lowest BCUT2D eigenvalue weighted by molar-refractivity contribution is 0.0743. The molecule has 0 radical (unpaired) electrons. The highest BCUT2D eigenvalue weighted by Crippen LogP contribution is 2.24. The second kappa shape index (κ2) is 9.30. The quantitative estimate of drug-likeness (QED) is 0.308. The van der Waals surface area contributed by atoms with Crippen molar-refractivity contribution in [2.24, 2.45) is 0 Å². The highest BCUT2D eigenvalue weighted by molar-refractivity contribution is 7.98. The summed E-state index contributed by atoms with van der Waals surface area (Å²) in [6.45, 7) is 4.91. The lowest BCUT2D eigenvalue weighted by Crippen LogP contribution is -2.24. The Morgan fingerprint density at radius 2 is 1.96 bits per heavy atom. The van der Waals surface area contributed by atoms with Crippen molar-refractivity contribution in [3.63, 3.8) is 0 Å². The number of halogens is 2. The van der Waals surface area contributed by atoms with E-state index in [1.165, 1.54) is 23.9 Å². The number of rotatable bonds is 8. The molecular formula is C21H22F2N2O2S. The van der Waals surface area contributed by atoms with E-state index in [0.717, 1.165) is 6.07 Å². The van der Waals surface area contributed by atoms with E-state index >= 15 is 0 Å². The normalized spacial score (nSPS) is 11.5. The Bertz CT molecular complexity index is 1020. The summed E-state index contributed by atoms with van der Waals surface area (Å²) in [7, 11) is 0. The maximum atomic E-state index is 14.0. The fraction of sp³-hybridized carbons (Fsp3) is 0.333. The molecule has 1 heterocycles. The van der Waals surface area contributed by atoms with Gasteiger partial charge in [-0.25, -0.2) is 13.8 Å². The van der Waals surface area contributed by atoms with Gasteiger partial charge >= 0.3 is 0 Å². The van der Waals surface area contributed by atoms with Crippen molar-refractivity contribution >= 4 is 22.7 Å². The first-order valence-electron chi connectivity index (χ1n) is 9.13. The van der Waals surface area contributed by atoms with Crippen molar-refractivity contribution < 1.29 is 13.5 Å². The molecule has 0 N–H and O–H groups in total. The van der Waals surface area contributed by atoms with E-state index in [0.29, 0.717) is 41.2 Å². The van der Waals surface area contributed by atoms with Gasteiger partial charge in [0.15, 0.2) is 5.16 Å². The molecule has 0 aliphatic rings. The van der Waals surface area contributed by atoms with E-state index in [-0.39, 0.29) is 17.4 Å². The van der Waals surface area contributed by atoms with Crippen LogP contribution in [0.1, 0.15) is 25.8 Å². The van der Waals surface area contributed by atoms with Gasteiger partial charge in [-0.05, 0) is 44.0 Å². The van der Waals surface area contributed by atoms with Gasteiger partial charge in [-0.1, -0.05) is 30.0 Å². The minimum Gasteiger partial charge on any atom is -0.379 e. The number of aromatic nitrogens is 2. The molecule has 1 aromatic heterocycles. The molecule has 0 spiro atoms. The SMILES string of the molecule is CC(C)OCCCn1c(SCc2ccc(F)cc2F)nc2ccccc2c1=O. The summed E-state index contributed by atoms with van der Waals surface area (Å²) in [4.78, 5) is 17.5. The number of para-hydroxylation sites is 1. The van der Waals surface area contributed by atoms with Crippen LogP contribution in [0.2, 0.25) is 0 Å². The van der Waals surface area contributed by atoms with Crippen LogP contribution in [-0.4, -0.2) is 22.3 Å². The Morgan fingerprint density at radius 3 is 2.71 bits per heavy atom. The van der Waals surface area contributed by atoms with Crippen LogP contribution in [0.15, 0.2) is 52.4 Å². The lowest BCUT2D eigenvalue weighted by Gasteiger charge is -2.14. The Morgan fingerprint density at radius 1 is 1.18 bits per heavy atom. The summed E-state index contributed by atoms with van der Waals surface area (Å²) < 4.78 is 34.2. The third-order valence-corrected chi connectivity index (χ3v) is 5.20. The lowest BCUT2D eigenvalue weighted by atomic mass is 10.2. The third-order valence-electron chi connectivity index (χ3n) is 4.18. The zero-order valence-electron chi connectivity index (χ0n) is 15.8. The van der Waals surface area contributed by atoms with Crippen LogP contribution in [0.5, 0.6) is 0 Å². The van der Waals surface area contributed by atoms with Crippen LogP contribution >= 0.6 is 11.8 Å². The molecule has 2 aromatic carbocycles. The first kappa shape index (κ1) is 20.5. The zero-order chi connectivity index (χ0) is 20.1. The summed E-state index contributed by atoms with van der Waals surface area (Å²) in [6, 6.07) is 10.7. The maximum absolute atomic E-state index is 14.0. The predicted molar refractivity (Wildman–Crippen MR) is 108 cm³/mol. The van der Waals surface area contributed by atoms with E-state index in [2.05, 4.69) is 4.98 Å². The first-order valence-corrected chi connectivity index (χ1v) is 10.1. The summed E-state index contributed by atoms with van der Waals surface area (Å²) in [5.74, 6) is -0.969. The van der Waals surface area contributed by atoms with Crippen molar-refractivity contribution in [1.29, 1.82) is 0 Å². The average Bonchev–Trinajstić information content (AvgIpc) is 2.66. The van der Waals surface area contributed by atoms with Gasteiger partial charge in [-0.15, -0.1) is 0 Å². The number of benzene rings is 2. The van der Waals surface area contributed by atoms with E-state index in [9.17, 15) is 13.6 Å². The maximum Gasteiger partial charge on any atom is 0.262 e. The molecule has 7 heteroatoms. The van der Waals surface area contributed by atoms with Crippen molar-refractivity contribution in [1.82, 2.24) is 9.55 Å². The van der Waals surface area contributed by atoms with Crippen LogP contribution in [-0.2, 0) is 17.0 Å². The predicted octanol–water partition coefficient (Wildman–Crippen LogP) is 4.78. The van der Waals surface area contributed by atoms with Crippen LogP contribution < -0.4 is 5.56 Å². The number of fused-ring (bicyclic) bond motifs is 1. The van der Waals surface area contributed by atoms with E-state index in [1.54, 1.807) is 22.8 Å². The fourth-order valence-electron chi connectivity index (χ4n) is 2.78. The standard InChI is InChI=1S/C21H22F2N2O2S/c1-14(2)27-11-5-10-25-20(26)17-6-3-4-7-19(17)24-21(25)28-13-15-8-9-16(22)12-18(15)23/h3-4,6-9,12,14H,5,10-11,13H2,1-2H3. The van der Waals surface area contributed by atoms with Gasteiger partial charge in [0.2, 0.25) is 0 Å². The molecule has 3 aromatic rings. The van der Waals surface area contributed by atoms with Crippen LogP contribution in [0.4, 0.5) is 8.78 Å². The Labute approximate surface area is 166 Å². The Balaban J connectivity index is 1.87. The molecule has 4 nitrogen and oxygen atoms in total. The van der Waals surface area contributed by atoms with Gasteiger partial charge in [0, 0.05) is 25.0 Å². The summed E-state index contributed by atoms with van der Waals surface area (Å²) in [6.07, 6.45) is 0.790. The number of hydrogen-bond acceptors (Lipinski definition) is 4. The number of ether oxygens (including phenoxy) is 1. The second-order valence-corrected chi connectivity index (χ2v) is 7.61. The van der Waals surface area contributed by atoms with Crippen molar-refractivity contribution in [2.45, 2.75) is 43.8 Å². The molecule has 0 saturated heterocycles. The molecule has 0 amide bonds. The van der Waals surface area contributed by atoms with E-state index < -0.39 is 11.6 Å². The molecule has 0 atom stereocenters. The van der Waals surface area contributed by atoms with Crippen LogP contribution in [0.3, 0.4) is 0 Å². The van der Waals surface area contributed by atoms with Gasteiger partial charge in [0.05, 0.1) is 17.0 Å². The monoisotopic (exact) mass is 404 g/mol. The number of nitrogens with zero attached hydrogens (tertiary/aromatic N) is 2. The van der Waals surface area contributed by atoms with Gasteiger partial charge < -0.3 is 4.74 Å². The smallest absolute Gasteiger partial charge is 0.262 e. The molecular weight excluding hydrogens is 382 g/mol. The zero-order valence-corrected chi connectivity index (χ0v) is 16.6. The van der Waals surface area contributed by atoms with Gasteiger partial charge in [-0.2, -0.15) is 0 Å². The average molecular weight is 404 g/mol. The Hall–Kier alpha value is -2.25. The number of hydrogen-bond donors (Lipinski definition) is 0. The highest BCUT2D eigenvalue weighted by Gasteiger charge is 2.13. The summed E-state index contributed by atoms with van der Waals surface area (Å²) in [5, 5.41) is 1.06. The molecule has 0 unspecified atom stereocenters. The molecule has 0 fully saturated rings. The molecule has 0 saturated carbocycles. The molecule has 0 aliphatic heterocycles. The minimum atomic E-state index is -0.614. The van der Waals surface area contributed by atoms with Crippen LogP contribution in [0.25, 0.3) is 10.9 Å². The summed E-state index contributed by atoms with van der Waals surface area (Å²) >= 11 is 1.26. The minimum absolute atomic E-state index is 0.127. The number of thioether (sulfide) groups is 1. The van der Waals surface area contributed by atoms with Crippen molar-refractivity contribution in [2.75, 3.05) is 6.61 Å². The van der Waals surface area contributed by atoms with E-state index in [4.69, 9.17) is 4.74 Å². The largest absolute Gasteiger partial charge is 0.379 e. The van der Waals surface area contributed by atoms with Crippen molar-refractivity contribution in [3.05, 3.63) is 70.0 Å². The molecule has 148 valence electrons. The van der Waals surface area contributed by atoms with Crippen molar-refractivity contribution in [3.8, 4) is 0 Å². The molecule has 0 aliphatic carbocycles. The fourth-order valence-corrected chi connectivity index (χ4v) is 3.79. The van der Waals surface area contributed by atoms with E-state index in [1.807, 2.05) is 19.9 Å². The first-order chi connectivity index (χ1) is 13.5. The van der Waals surface area contributed by atoms with Crippen LogP contribution in [0, 0.1) is 11.6 Å². The third kappa shape index (κ3) is 4.97. The second-order valence-electron chi connectivity index (χ2n) is 6.67. The van der Waals surface area contributed by atoms with Gasteiger partial charge in [0.25, 0.3) is 5.56 Å². The Kier molecular flexibility index (Phi) is 6.80. The molecule has 28 heavy (non-hydrogen) atoms. The molecule has 3 rings (SSSR count). The topological polar surface area (TPSA) is 44.1 Å². The van der Waals surface area contributed by atoms with Gasteiger partial charge in [0.1, 0.15) is 11.6 Å².